The maximum Gasteiger partial charge on any atom is 0.321 e. The lowest BCUT2D eigenvalue weighted by atomic mass is 10.2. The number of esters is 1. The normalized spacial score (nSPS) is 11.2. The first-order chi connectivity index (χ1) is 14.2. The highest BCUT2D eigenvalue weighted by atomic mass is 32.2. The largest absolute Gasteiger partial charge is 0.467 e. The van der Waals surface area contributed by atoms with Crippen LogP contribution in [0.2, 0.25) is 0 Å². The molecule has 0 saturated heterocycles. The molecule has 3 N–H and O–H groups in total. The molecule has 0 aliphatic rings. The van der Waals surface area contributed by atoms with Crippen molar-refractivity contribution in [2.45, 2.75) is 13.5 Å². The van der Waals surface area contributed by atoms with Crippen molar-refractivity contribution in [1.82, 2.24) is 15.4 Å². The van der Waals surface area contributed by atoms with E-state index in [0.717, 1.165) is 11.0 Å². The van der Waals surface area contributed by atoms with Crippen molar-refractivity contribution in [3.05, 3.63) is 65.0 Å². The molecule has 0 aliphatic carbocycles. The van der Waals surface area contributed by atoms with Gasteiger partial charge < -0.3 is 14.5 Å². The van der Waals surface area contributed by atoms with Crippen LogP contribution in [0.15, 0.2) is 52.5 Å². The summed E-state index contributed by atoms with van der Waals surface area (Å²) in [6, 6.07) is 9.65. The minimum atomic E-state index is -3.88. The van der Waals surface area contributed by atoms with Gasteiger partial charge in [-0.2, -0.15) is 0 Å². The van der Waals surface area contributed by atoms with Gasteiger partial charge in [0, 0.05) is 5.41 Å². The molecule has 2 rings (SSSR count). The standard InChI is InChI=1S/C19H21N3O7S/c1-14-4-6-15(7-5-14)8-10-30(26,27)21-12-18(24)29-13-17(23)22-19(25)20-11-16-3-2-9-28-16/h2-10,21H,11-13H2,1H3,(H2,20,22,23,25). The molecule has 1 aromatic carbocycles. The quantitative estimate of drug-likeness (QED) is 0.499. The molecule has 0 aliphatic heterocycles. The summed E-state index contributed by atoms with van der Waals surface area (Å²) in [4.78, 5) is 34.7. The highest BCUT2D eigenvalue weighted by molar-refractivity contribution is 7.92. The van der Waals surface area contributed by atoms with E-state index in [4.69, 9.17) is 4.42 Å². The lowest BCUT2D eigenvalue weighted by Gasteiger charge is -2.07. The Labute approximate surface area is 173 Å². The first-order valence-electron chi connectivity index (χ1n) is 8.73. The molecule has 0 atom stereocenters. The number of carbonyl (C=O) groups excluding carboxylic acids is 3. The van der Waals surface area contributed by atoms with Gasteiger partial charge in [0.2, 0.25) is 10.0 Å². The van der Waals surface area contributed by atoms with Gasteiger partial charge in [-0.1, -0.05) is 29.8 Å². The van der Waals surface area contributed by atoms with Crippen molar-refractivity contribution < 1.29 is 32.0 Å². The topological polar surface area (TPSA) is 144 Å². The van der Waals surface area contributed by atoms with Crippen molar-refractivity contribution in [3.63, 3.8) is 0 Å². The van der Waals surface area contributed by atoms with Gasteiger partial charge >= 0.3 is 12.0 Å². The van der Waals surface area contributed by atoms with Crippen LogP contribution in [-0.4, -0.2) is 39.5 Å². The summed E-state index contributed by atoms with van der Waals surface area (Å²) in [5.41, 5.74) is 1.71. The maximum absolute atomic E-state index is 11.9. The van der Waals surface area contributed by atoms with E-state index in [1.54, 1.807) is 24.3 Å². The third-order valence-electron chi connectivity index (χ3n) is 3.56. The Kier molecular flexibility index (Phi) is 8.32. The van der Waals surface area contributed by atoms with E-state index in [-0.39, 0.29) is 6.54 Å². The Balaban J connectivity index is 1.67. The molecule has 1 heterocycles. The lowest BCUT2D eigenvalue weighted by molar-refractivity contribution is -0.147. The Morgan fingerprint density at radius 2 is 1.87 bits per heavy atom. The number of hydrogen-bond acceptors (Lipinski definition) is 7. The zero-order chi connectivity index (χ0) is 22.0. The van der Waals surface area contributed by atoms with Gasteiger partial charge in [0.25, 0.3) is 5.91 Å². The predicted octanol–water partition coefficient (Wildman–Crippen LogP) is 1.05. The highest BCUT2D eigenvalue weighted by Gasteiger charge is 2.13. The number of imide groups is 1. The third-order valence-corrected chi connectivity index (χ3v) is 4.60. The minimum Gasteiger partial charge on any atom is -0.467 e. The van der Waals surface area contributed by atoms with Gasteiger partial charge in [0.05, 0.1) is 12.8 Å². The minimum absolute atomic E-state index is 0.0732. The second-order valence-corrected chi connectivity index (χ2v) is 7.70. The van der Waals surface area contributed by atoms with Crippen LogP contribution >= 0.6 is 0 Å². The molecular weight excluding hydrogens is 414 g/mol. The van der Waals surface area contributed by atoms with Gasteiger partial charge in [-0.3, -0.25) is 14.9 Å². The monoisotopic (exact) mass is 435 g/mol. The first kappa shape index (κ1) is 22.8. The number of ether oxygens (including phenoxy) is 1. The summed E-state index contributed by atoms with van der Waals surface area (Å²) >= 11 is 0. The molecule has 0 spiro atoms. The Bertz CT molecular complexity index is 997. The maximum atomic E-state index is 11.9. The van der Waals surface area contributed by atoms with E-state index in [1.165, 1.54) is 12.3 Å². The molecule has 0 unspecified atom stereocenters. The van der Waals surface area contributed by atoms with Crippen molar-refractivity contribution in [1.29, 1.82) is 0 Å². The molecule has 1 aromatic heterocycles. The predicted molar refractivity (Wildman–Crippen MR) is 107 cm³/mol. The number of nitrogens with one attached hydrogen (secondary N) is 3. The summed E-state index contributed by atoms with van der Waals surface area (Å²) in [5.74, 6) is -1.36. The van der Waals surface area contributed by atoms with Crippen LogP contribution in [0.5, 0.6) is 0 Å². The average molecular weight is 435 g/mol. The summed E-state index contributed by atoms with van der Waals surface area (Å²) in [5, 5.41) is 5.25. The van der Waals surface area contributed by atoms with Crippen LogP contribution in [0.1, 0.15) is 16.9 Å². The first-order valence-corrected chi connectivity index (χ1v) is 10.3. The third kappa shape index (κ3) is 8.71. The number of furan rings is 1. The highest BCUT2D eigenvalue weighted by Crippen LogP contribution is 2.06. The molecule has 0 saturated carbocycles. The van der Waals surface area contributed by atoms with Crippen LogP contribution in [0.4, 0.5) is 4.79 Å². The van der Waals surface area contributed by atoms with Gasteiger partial charge in [0.1, 0.15) is 12.3 Å². The number of aryl methyl sites for hydroxylation is 1. The van der Waals surface area contributed by atoms with E-state index < -0.39 is 41.1 Å². The SMILES string of the molecule is Cc1ccc(C=CS(=O)(=O)NCC(=O)OCC(=O)NC(=O)NCc2ccco2)cc1. The van der Waals surface area contributed by atoms with E-state index >= 15 is 0 Å². The molecule has 3 amide bonds. The van der Waals surface area contributed by atoms with E-state index in [2.05, 4.69) is 10.1 Å². The number of urea groups is 1. The summed E-state index contributed by atoms with van der Waals surface area (Å²) < 4.78 is 35.4. The van der Waals surface area contributed by atoms with Crippen LogP contribution in [-0.2, 0) is 30.9 Å². The van der Waals surface area contributed by atoms with Crippen LogP contribution in [0.3, 0.4) is 0 Å². The molecule has 160 valence electrons. The van der Waals surface area contributed by atoms with Gasteiger partial charge in [0.15, 0.2) is 6.61 Å². The Hall–Kier alpha value is -3.44. The molecular formula is C19H21N3O7S. The fourth-order valence-corrected chi connectivity index (χ4v) is 2.79. The zero-order valence-corrected chi connectivity index (χ0v) is 16.9. The number of rotatable bonds is 9. The summed E-state index contributed by atoms with van der Waals surface area (Å²) in [6.07, 6.45) is 2.81. The van der Waals surface area contributed by atoms with E-state index in [1.807, 2.05) is 29.1 Å². The number of hydrogen-bond donors (Lipinski definition) is 3. The molecule has 0 bridgehead atoms. The summed E-state index contributed by atoms with van der Waals surface area (Å²) in [6.45, 7) is 0.571. The van der Waals surface area contributed by atoms with Crippen molar-refractivity contribution in [2.24, 2.45) is 0 Å². The van der Waals surface area contributed by atoms with Gasteiger partial charge in [-0.05, 0) is 30.7 Å². The fraction of sp³-hybridized carbons (Fsp3) is 0.211. The molecule has 30 heavy (non-hydrogen) atoms. The Morgan fingerprint density at radius 1 is 1.13 bits per heavy atom. The van der Waals surface area contributed by atoms with E-state index in [0.29, 0.717) is 11.3 Å². The van der Waals surface area contributed by atoms with Crippen LogP contribution in [0, 0.1) is 6.92 Å². The van der Waals surface area contributed by atoms with Crippen LogP contribution < -0.4 is 15.4 Å². The van der Waals surface area contributed by atoms with Crippen molar-refractivity contribution >= 4 is 34.0 Å². The number of sulfonamides is 1. The average Bonchev–Trinajstić information content (AvgIpc) is 3.23. The molecule has 2 aromatic rings. The fourth-order valence-electron chi connectivity index (χ4n) is 2.04. The van der Waals surface area contributed by atoms with Gasteiger partial charge in [-0.15, -0.1) is 0 Å². The second-order valence-electron chi connectivity index (χ2n) is 6.05. The number of amides is 3. The van der Waals surface area contributed by atoms with Crippen molar-refractivity contribution in [3.8, 4) is 0 Å². The molecule has 10 nitrogen and oxygen atoms in total. The van der Waals surface area contributed by atoms with Crippen molar-refractivity contribution in [2.75, 3.05) is 13.2 Å². The number of carbonyl (C=O) groups is 3. The molecule has 0 fully saturated rings. The van der Waals surface area contributed by atoms with E-state index in [9.17, 15) is 22.8 Å². The molecule has 11 heteroatoms. The van der Waals surface area contributed by atoms with Gasteiger partial charge in [-0.25, -0.2) is 17.9 Å². The van der Waals surface area contributed by atoms with Crippen LogP contribution in [0.25, 0.3) is 6.08 Å². The smallest absolute Gasteiger partial charge is 0.321 e. The zero-order valence-electron chi connectivity index (χ0n) is 16.1. The number of benzene rings is 1. The molecule has 0 radical (unpaired) electrons. The summed E-state index contributed by atoms with van der Waals surface area (Å²) in [7, 11) is -3.88. The Morgan fingerprint density at radius 3 is 2.53 bits per heavy atom. The second kappa shape index (κ2) is 10.9. The lowest BCUT2D eigenvalue weighted by Crippen LogP contribution is -2.41.